The minimum Gasteiger partial charge on any atom is -0.299 e. The van der Waals surface area contributed by atoms with Gasteiger partial charge in [0.25, 0.3) is 0 Å². The fourth-order valence-corrected chi connectivity index (χ4v) is 3.65. The monoisotopic (exact) mass is 288 g/mol. The molecule has 2 rings (SSSR count). The van der Waals surface area contributed by atoms with Gasteiger partial charge in [0.1, 0.15) is 5.78 Å². The van der Waals surface area contributed by atoms with Gasteiger partial charge in [-0.2, -0.15) is 0 Å². The molecule has 0 spiro atoms. The van der Waals surface area contributed by atoms with E-state index in [1.165, 1.54) is 0 Å². The molecule has 1 aromatic rings. The Morgan fingerprint density at radius 2 is 2.18 bits per heavy atom. The molecule has 0 N–H and O–H groups in total. The summed E-state index contributed by atoms with van der Waals surface area (Å²) in [6, 6.07) is 5.48. The highest BCUT2D eigenvalue weighted by Gasteiger charge is 2.23. The van der Waals surface area contributed by atoms with Crippen molar-refractivity contribution in [2.24, 2.45) is 5.92 Å². The SMILES string of the molecule is O=C1CCCC1CCSc1cc(Cl)ccc1Cl. The van der Waals surface area contributed by atoms with Crippen molar-refractivity contribution in [3.63, 3.8) is 0 Å². The molecule has 1 saturated carbocycles. The van der Waals surface area contributed by atoms with E-state index in [0.29, 0.717) is 10.8 Å². The first-order valence-corrected chi connectivity index (χ1v) is 7.51. The zero-order chi connectivity index (χ0) is 12.3. The van der Waals surface area contributed by atoms with Gasteiger partial charge in [-0.25, -0.2) is 0 Å². The Balaban J connectivity index is 1.85. The summed E-state index contributed by atoms with van der Waals surface area (Å²) in [6.45, 7) is 0. The van der Waals surface area contributed by atoms with Crippen LogP contribution in [0, 0.1) is 5.92 Å². The zero-order valence-corrected chi connectivity index (χ0v) is 11.7. The number of hydrogen-bond donors (Lipinski definition) is 0. The molecule has 1 unspecified atom stereocenters. The summed E-state index contributed by atoms with van der Waals surface area (Å²) >= 11 is 13.7. The predicted molar refractivity (Wildman–Crippen MR) is 74.2 cm³/mol. The smallest absolute Gasteiger partial charge is 0.136 e. The van der Waals surface area contributed by atoms with E-state index >= 15 is 0 Å². The van der Waals surface area contributed by atoms with Crippen LogP contribution in [-0.4, -0.2) is 11.5 Å². The van der Waals surface area contributed by atoms with Crippen LogP contribution in [0.1, 0.15) is 25.7 Å². The number of ketones is 1. The van der Waals surface area contributed by atoms with Crippen LogP contribution in [0.3, 0.4) is 0 Å². The molecule has 1 aromatic carbocycles. The number of carbonyl (C=O) groups is 1. The van der Waals surface area contributed by atoms with Crippen LogP contribution in [0.4, 0.5) is 0 Å². The number of thioether (sulfide) groups is 1. The van der Waals surface area contributed by atoms with Gasteiger partial charge in [0.05, 0.1) is 5.02 Å². The highest BCUT2D eigenvalue weighted by molar-refractivity contribution is 7.99. The number of rotatable bonds is 4. The van der Waals surface area contributed by atoms with Crippen molar-refractivity contribution in [1.29, 1.82) is 0 Å². The van der Waals surface area contributed by atoms with Gasteiger partial charge in [-0.15, -0.1) is 11.8 Å². The molecule has 0 heterocycles. The normalized spacial score (nSPS) is 19.9. The van der Waals surface area contributed by atoms with Gasteiger partial charge >= 0.3 is 0 Å². The standard InChI is InChI=1S/C13H14Cl2OS/c14-10-4-5-11(15)13(8-10)17-7-6-9-2-1-3-12(9)16/h4-5,8-9H,1-3,6-7H2. The Hall–Kier alpha value is -0.180. The molecule has 1 aliphatic carbocycles. The number of hydrogen-bond acceptors (Lipinski definition) is 2. The van der Waals surface area contributed by atoms with Crippen molar-refractivity contribution >= 4 is 40.7 Å². The molecule has 92 valence electrons. The van der Waals surface area contributed by atoms with E-state index in [-0.39, 0.29) is 5.92 Å². The maximum absolute atomic E-state index is 11.5. The lowest BCUT2D eigenvalue weighted by Gasteiger charge is -2.08. The van der Waals surface area contributed by atoms with Crippen molar-refractivity contribution < 1.29 is 4.79 Å². The lowest BCUT2D eigenvalue weighted by molar-refractivity contribution is -0.120. The van der Waals surface area contributed by atoms with Crippen LogP contribution in [0.5, 0.6) is 0 Å². The Labute approximate surface area is 116 Å². The van der Waals surface area contributed by atoms with E-state index in [0.717, 1.165) is 41.4 Å². The molecule has 17 heavy (non-hydrogen) atoms. The molecule has 0 amide bonds. The lowest BCUT2D eigenvalue weighted by Crippen LogP contribution is -2.06. The highest BCUT2D eigenvalue weighted by Crippen LogP contribution is 2.32. The largest absolute Gasteiger partial charge is 0.299 e. The van der Waals surface area contributed by atoms with E-state index in [2.05, 4.69) is 0 Å². The van der Waals surface area contributed by atoms with Crippen LogP contribution >= 0.6 is 35.0 Å². The maximum Gasteiger partial charge on any atom is 0.136 e. The van der Waals surface area contributed by atoms with E-state index < -0.39 is 0 Å². The van der Waals surface area contributed by atoms with Gasteiger partial charge < -0.3 is 0 Å². The van der Waals surface area contributed by atoms with Gasteiger partial charge in [0.2, 0.25) is 0 Å². The molecular formula is C13H14Cl2OS. The first-order valence-electron chi connectivity index (χ1n) is 5.77. The Bertz CT molecular complexity index is 420. The van der Waals surface area contributed by atoms with E-state index in [1.807, 2.05) is 12.1 Å². The molecular weight excluding hydrogens is 275 g/mol. The van der Waals surface area contributed by atoms with Crippen molar-refractivity contribution in [2.45, 2.75) is 30.6 Å². The third-order valence-corrected chi connectivity index (χ3v) is 4.81. The lowest BCUT2D eigenvalue weighted by atomic mass is 10.1. The first kappa shape index (κ1) is 13.3. The Kier molecular flexibility index (Phi) is 4.78. The van der Waals surface area contributed by atoms with E-state index in [1.54, 1.807) is 17.8 Å². The molecule has 0 aliphatic heterocycles. The van der Waals surface area contributed by atoms with Crippen LogP contribution in [-0.2, 0) is 4.79 Å². The van der Waals surface area contributed by atoms with Gasteiger partial charge in [0.15, 0.2) is 0 Å². The van der Waals surface area contributed by atoms with Gasteiger partial charge in [0, 0.05) is 22.3 Å². The van der Waals surface area contributed by atoms with Crippen LogP contribution in [0.2, 0.25) is 10.0 Å². The molecule has 1 nitrogen and oxygen atoms in total. The number of halogens is 2. The fourth-order valence-electron chi connectivity index (χ4n) is 2.09. The first-order chi connectivity index (χ1) is 8.16. The topological polar surface area (TPSA) is 17.1 Å². The van der Waals surface area contributed by atoms with Crippen LogP contribution in [0.25, 0.3) is 0 Å². The molecule has 0 saturated heterocycles. The average molecular weight is 289 g/mol. The quantitative estimate of drug-likeness (QED) is 0.737. The Morgan fingerprint density at radius 3 is 2.88 bits per heavy atom. The second-order valence-electron chi connectivity index (χ2n) is 4.27. The number of Topliss-reactive ketones (excluding diaryl/α,β-unsaturated/α-hetero) is 1. The Morgan fingerprint density at radius 1 is 1.35 bits per heavy atom. The summed E-state index contributed by atoms with van der Waals surface area (Å²) in [7, 11) is 0. The molecule has 4 heteroatoms. The molecule has 1 atom stereocenters. The second-order valence-corrected chi connectivity index (χ2v) is 6.25. The summed E-state index contributed by atoms with van der Waals surface area (Å²) in [4.78, 5) is 12.5. The second kappa shape index (κ2) is 6.12. The zero-order valence-electron chi connectivity index (χ0n) is 9.42. The summed E-state index contributed by atoms with van der Waals surface area (Å²) in [5.74, 6) is 1.64. The van der Waals surface area contributed by atoms with Crippen molar-refractivity contribution in [1.82, 2.24) is 0 Å². The third-order valence-electron chi connectivity index (χ3n) is 3.05. The summed E-state index contributed by atoms with van der Waals surface area (Å²) in [5, 5.41) is 1.44. The average Bonchev–Trinajstić information content (AvgIpc) is 2.70. The van der Waals surface area contributed by atoms with Crippen molar-refractivity contribution in [3.05, 3.63) is 28.2 Å². The minimum atomic E-state index is 0.278. The fraction of sp³-hybridized carbons (Fsp3) is 0.462. The van der Waals surface area contributed by atoms with Crippen LogP contribution < -0.4 is 0 Å². The third kappa shape index (κ3) is 3.64. The maximum atomic E-state index is 11.5. The minimum absolute atomic E-state index is 0.278. The summed E-state index contributed by atoms with van der Waals surface area (Å²) < 4.78 is 0. The molecule has 1 fully saturated rings. The van der Waals surface area contributed by atoms with Crippen molar-refractivity contribution in [3.8, 4) is 0 Å². The summed E-state index contributed by atoms with van der Waals surface area (Å²) in [6.07, 6.45) is 3.84. The molecule has 0 radical (unpaired) electrons. The van der Waals surface area contributed by atoms with Gasteiger partial charge in [-0.05, 0) is 43.2 Å². The van der Waals surface area contributed by atoms with E-state index in [4.69, 9.17) is 23.2 Å². The summed E-state index contributed by atoms with van der Waals surface area (Å²) in [5.41, 5.74) is 0. The number of carbonyl (C=O) groups excluding carboxylic acids is 1. The molecule has 1 aliphatic rings. The molecule has 0 bridgehead atoms. The van der Waals surface area contributed by atoms with Gasteiger partial charge in [-0.3, -0.25) is 4.79 Å². The molecule has 0 aromatic heterocycles. The van der Waals surface area contributed by atoms with Gasteiger partial charge in [-0.1, -0.05) is 23.2 Å². The van der Waals surface area contributed by atoms with Crippen LogP contribution in [0.15, 0.2) is 23.1 Å². The highest BCUT2D eigenvalue weighted by atomic mass is 35.5. The van der Waals surface area contributed by atoms with E-state index in [9.17, 15) is 4.79 Å². The number of benzene rings is 1. The van der Waals surface area contributed by atoms with Crippen molar-refractivity contribution in [2.75, 3.05) is 5.75 Å². The predicted octanol–water partition coefficient (Wildman–Crippen LogP) is 4.84.